The molecule has 1 aliphatic rings. The molecule has 0 saturated carbocycles. The Bertz CT molecular complexity index is 629. The van der Waals surface area contributed by atoms with Gasteiger partial charge < -0.3 is 19.1 Å². The zero-order valence-corrected chi connectivity index (χ0v) is 10.1. The van der Waals surface area contributed by atoms with Crippen LogP contribution in [0.2, 0.25) is 0 Å². The highest BCUT2D eigenvalue weighted by Gasteiger charge is 2.41. The number of carbonyl (C=O) groups excluding carboxylic acids is 1. The maximum Gasteiger partial charge on any atom is 0.417 e. The quantitative estimate of drug-likeness (QED) is 0.831. The van der Waals surface area contributed by atoms with Crippen LogP contribution in [0.15, 0.2) is 21.0 Å². The van der Waals surface area contributed by atoms with Gasteiger partial charge in [0.15, 0.2) is 0 Å². The summed E-state index contributed by atoms with van der Waals surface area (Å²) < 4.78 is 48.2. The molecule has 0 bridgehead atoms. The molecule has 1 heterocycles. The van der Waals surface area contributed by atoms with Crippen molar-refractivity contribution in [1.82, 2.24) is 0 Å². The van der Waals surface area contributed by atoms with Crippen LogP contribution in [0.3, 0.4) is 0 Å². The lowest BCUT2D eigenvalue weighted by Crippen LogP contribution is -2.29. The van der Waals surface area contributed by atoms with Gasteiger partial charge in [0.05, 0.1) is 12.7 Å². The Morgan fingerprint density at radius 2 is 2.10 bits per heavy atom. The second kappa shape index (κ2) is 4.78. The summed E-state index contributed by atoms with van der Waals surface area (Å²) in [6, 6.07) is 0.294. The highest BCUT2D eigenvalue weighted by atomic mass is 19.4. The molecule has 1 aromatic rings. The predicted molar refractivity (Wildman–Crippen MR) is 59.8 cm³/mol. The van der Waals surface area contributed by atoms with Crippen molar-refractivity contribution in [2.24, 2.45) is 0 Å². The van der Waals surface area contributed by atoms with E-state index in [1.54, 1.807) is 0 Å². The Labute approximate surface area is 110 Å². The van der Waals surface area contributed by atoms with Crippen LogP contribution < -0.4 is 5.63 Å². The van der Waals surface area contributed by atoms with Crippen molar-refractivity contribution in [2.45, 2.75) is 18.2 Å². The van der Waals surface area contributed by atoms with Crippen LogP contribution in [0, 0.1) is 0 Å². The van der Waals surface area contributed by atoms with Gasteiger partial charge in [-0.25, -0.2) is 4.79 Å². The molecule has 108 valence electrons. The number of aliphatic hydroxyl groups is 1. The van der Waals surface area contributed by atoms with Crippen LogP contribution in [0.4, 0.5) is 13.2 Å². The lowest BCUT2D eigenvalue weighted by atomic mass is 9.88. The zero-order chi connectivity index (χ0) is 15.1. The van der Waals surface area contributed by atoms with E-state index in [-0.39, 0.29) is 12.0 Å². The molecule has 8 heteroatoms. The second-order valence-corrected chi connectivity index (χ2v) is 4.11. The summed E-state index contributed by atoms with van der Waals surface area (Å²) in [5.41, 5.74) is -2.97. The number of alkyl halides is 3. The number of halogens is 3. The molecule has 20 heavy (non-hydrogen) atoms. The Kier molecular flexibility index (Phi) is 3.43. The summed E-state index contributed by atoms with van der Waals surface area (Å²) in [6.07, 6.45) is -5.19. The summed E-state index contributed by atoms with van der Waals surface area (Å²) in [7, 11) is 1.15. The van der Waals surface area contributed by atoms with Gasteiger partial charge in [-0.05, 0) is 6.08 Å². The SMILES string of the molecule is COC1=Cc2c(C(F)(F)F)cc(=O)oc2C(C=O)C1O. The third-order valence-electron chi connectivity index (χ3n) is 2.94. The average Bonchev–Trinajstić information content (AvgIpc) is 2.36. The van der Waals surface area contributed by atoms with Crippen LogP contribution >= 0.6 is 0 Å². The maximum absolute atomic E-state index is 12.9. The fourth-order valence-corrected chi connectivity index (χ4v) is 2.02. The zero-order valence-electron chi connectivity index (χ0n) is 10.1. The Hall–Kier alpha value is -2.09. The van der Waals surface area contributed by atoms with Crippen LogP contribution in [-0.2, 0) is 15.7 Å². The molecule has 2 unspecified atom stereocenters. The summed E-state index contributed by atoms with van der Waals surface area (Å²) in [5, 5.41) is 9.79. The number of carbonyl (C=O) groups is 1. The first-order valence-electron chi connectivity index (χ1n) is 5.43. The topological polar surface area (TPSA) is 76.7 Å². The molecule has 5 nitrogen and oxygen atoms in total. The largest absolute Gasteiger partial charge is 0.498 e. The molecule has 0 radical (unpaired) electrons. The first-order chi connectivity index (χ1) is 9.29. The minimum absolute atomic E-state index is 0.207. The summed E-state index contributed by atoms with van der Waals surface area (Å²) in [4.78, 5) is 22.2. The van der Waals surface area contributed by atoms with Crippen molar-refractivity contribution >= 4 is 12.4 Å². The molecule has 2 rings (SSSR count). The molecule has 0 aromatic carbocycles. The van der Waals surface area contributed by atoms with Crippen molar-refractivity contribution in [1.29, 1.82) is 0 Å². The first-order valence-corrected chi connectivity index (χ1v) is 5.43. The number of methoxy groups -OCH3 is 1. The number of ether oxygens (including phenoxy) is 1. The highest BCUT2D eigenvalue weighted by molar-refractivity contribution is 5.72. The van der Waals surface area contributed by atoms with Gasteiger partial charge >= 0.3 is 11.8 Å². The van der Waals surface area contributed by atoms with Crippen LogP contribution in [-0.4, -0.2) is 24.6 Å². The van der Waals surface area contributed by atoms with E-state index in [0.29, 0.717) is 6.07 Å². The van der Waals surface area contributed by atoms with Crippen molar-refractivity contribution in [2.75, 3.05) is 7.11 Å². The van der Waals surface area contributed by atoms with Crippen LogP contribution in [0.1, 0.15) is 22.8 Å². The molecule has 1 aromatic heterocycles. The number of fused-ring (bicyclic) bond motifs is 1. The Morgan fingerprint density at radius 1 is 1.45 bits per heavy atom. The summed E-state index contributed by atoms with van der Waals surface area (Å²) in [6.45, 7) is 0. The average molecular weight is 290 g/mol. The molecular weight excluding hydrogens is 281 g/mol. The van der Waals surface area contributed by atoms with Crippen molar-refractivity contribution in [3.8, 4) is 0 Å². The lowest BCUT2D eigenvalue weighted by Gasteiger charge is -2.26. The predicted octanol–water partition coefficient (Wildman–Crippen LogP) is 1.30. The molecule has 0 fully saturated rings. The van der Waals surface area contributed by atoms with Crippen molar-refractivity contribution in [3.05, 3.63) is 39.1 Å². The molecule has 1 aliphatic carbocycles. The minimum Gasteiger partial charge on any atom is -0.498 e. The van der Waals surface area contributed by atoms with Crippen LogP contribution in [0.5, 0.6) is 0 Å². The second-order valence-electron chi connectivity index (χ2n) is 4.11. The van der Waals surface area contributed by atoms with Gasteiger partial charge in [0.2, 0.25) is 0 Å². The number of aldehydes is 1. The minimum atomic E-state index is -4.80. The van der Waals surface area contributed by atoms with Gasteiger partial charge in [0.25, 0.3) is 0 Å². The van der Waals surface area contributed by atoms with E-state index in [4.69, 9.17) is 4.74 Å². The molecule has 0 spiro atoms. The molecule has 1 N–H and O–H groups in total. The third kappa shape index (κ3) is 2.22. The van der Waals surface area contributed by atoms with E-state index >= 15 is 0 Å². The van der Waals surface area contributed by atoms with Gasteiger partial charge in [-0.3, -0.25) is 0 Å². The lowest BCUT2D eigenvalue weighted by molar-refractivity contribution is -0.138. The standard InChI is InChI=1S/C12H9F3O5/c1-19-8-2-5-7(12(13,14)15)3-9(17)20-11(5)6(4-16)10(8)18/h2-4,6,10,18H,1H3. The fraction of sp³-hybridized carbons (Fsp3) is 0.333. The van der Waals surface area contributed by atoms with E-state index in [1.807, 2.05) is 0 Å². The Morgan fingerprint density at radius 3 is 2.60 bits per heavy atom. The molecular formula is C12H9F3O5. The summed E-state index contributed by atoms with van der Waals surface area (Å²) in [5.74, 6) is -2.16. The Balaban J connectivity index is 2.80. The fourth-order valence-electron chi connectivity index (χ4n) is 2.02. The maximum atomic E-state index is 12.9. The van der Waals surface area contributed by atoms with Gasteiger partial charge in [-0.1, -0.05) is 0 Å². The van der Waals surface area contributed by atoms with Gasteiger partial charge in [0, 0.05) is 11.6 Å². The smallest absolute Gasteiger partial charge is 0.417 e. The van der Waals surface area contributed by atoms with Crippen molar-refractivity contribution < 1.29 is 32.2 Å². The number of rotatable bonds is 2. The van der Waals surface area contributed by atoms with E-state index in [0.717, 1.165) is 13.2 Å². The van der Waals surface area contributed by atoms with Gasteiger partial charge in [-0.15, -0.1) is 0 Å². The number of aliphatic hydroxyl groups excluding tert-OH is 1. The molecule has 0 saturated heterocycles. The number of hydrogen-bond donors (Lipinski definition) is 1. The highest BCUT2D eigenvalue weighted by Crippen LogP contribution is 2.39. The molecule has 2 atom stereocenters. The normalized spacial score (nSPS) is 21.9. The monoisotopic (exact) mass is 290 g/mol. The van der Waals surface area contributed by atoms with E-state index in [1.165, 1.54) is 0 Å². The van der Waals surface area contributed by atoms with Gasteiger partial charge in [-0.2, -0.15) is 13.2 Å². The van der Waals surface area contributed by atoms with Crippen molar-refractivity contribution in [3.63, 3.8) is 0 Å². The number of hydrogen-bond acceptors (Lipinski definition) is 5. The first kappa shape index (κ1) is 14.3. The third-order valence-corrected chi connectivity index (χ3v) is 2.94. The van der Waals surface area contributed by atoms with E-state index < -0.39 is 40.7 Å². The van der Waals surface area contributed by atoms with Crippen LogP contribution in [0.25, 0.3) is 6.08 Å². The summed E-state index contributed by atoms with van der Waals surface area (Å²) >= 11 is 0. The van der Waals surface area contributed by atoms with Gasteiger partial charge in [0.1, 0.15) is 29.8 Å². The van der Waals surface area contributed by atoms with E-state index in [9.17, 15) is 27.9 Å². The van der Waals surface area contributed by atoms with E-state index in [2.05, 4.69) is 4.42 Å². The molecule has 0 amide bonds. The molecule has 0 aliphatic heterocycles.